The summed E-state index contributed by atoms with van der Waals surface area (Å²) in [4.78, 5) is 46.1. The summed E-state index contributed by atoms with van der Waals surface area (Å²) in [5, 5.41) is 0. The van der Waals surface area contributed by atoms with E-state index in [9.17, 15) is 9.59 Å². The molecule has 0 heterocycles. The van der Waals surface area contributed by atoms with Crippen LogP contribution in [0, 0.1) is 0 Å². The van der Waals surface area contributed by atoms with Gasteiger partial charge in [-0.3, -0.25) is 9.78 Å². The van der Waals surface area contributed by atoms with Crippen molar-refractivity contribution in [1.29, 1.82) is 0 Å². The molecule has 0 aromatic heterocycles. The monoisotopic (exact) mass is 476 g/mol. The lowest BCUT2D eigenvalue weighted by Gasteiger charge is -2.28. The van der Waals surface area contributed by atoms with Crippen molar-refractivity contribution in [3.8, 4) is 23.0 Å². The maximum absolute atomic E-state index is 12.6. The molecule has 1 saturated carbocycles. The van der Waals surface area contributed by atoms with Crippen LogP contribution in [-0.4, -0.2) is 52.6 Å². The summed E-state index contributed by atoms with van der Waals surface area (Å²) in [5.41, 5.74) is 0.290. The van der Waals surface area contributed by atoms with E-state index < -0.39 is 24.1 Å². The Labute approximate surface area is 197 Å². The maximum Gasteiger partial charge on any atom is 0.376 e. The summed E-state index contributed by atoms with van der Waals surface area (Å²) in [6, 6.07) is 9.48. The van der Waals surface area contributed by atoms with Crippen molar-refractivity contribution >= 4 is 11.9 Å². The summed E-state index contributed by atoms with van der Waals surface area (Å²) in [6.45, 7) is 0. The summed E-state index contributed by atoms with van der Waals surface area (Å²) in [5.74, 6) is 0.0495. The van der Waals surface area contributed by atoms with Gasteiger partial charge in [-0.2, -0.15) is 9.78 Å². The number of rotatable bonds is 10. The molecule has 0 radical (unpaired) electrons. The number of methoxy groups -OCH3 is 4. The van der Waals surface area contributed by atoms with Crippen LogP contribution in [0.15, 0.2) is 36.4 Å². The number of ether oxygens (including phenoxy) is 4. The van der Waals surface area contributed by atoms with Crippen LogP contribution in [0.1, 0.15) is 46.4 Å². The highest BCUT2D eigenvalue weighted by atomic mass is 17.2. The van der Waals surface area contributed by atoms with Gasteiger partial charge in [0.25, 0.3) is 0 Å². The Morgan fingerprint density at radius 2 is 1.06 bits per heavy atom. The zero-order chi connectivity index (χ0) is 24.5. The van der Waals surface area contributed by atoms with E-state index in [0.29, 0.717) is 35.8 Å². The molecule has 34 heavy (non-hydrogen) atoms. The lowest BCUT2D eigenvalue weighted by Crippen LogP contribution is -2.36. The highest BCUT2D eigenvalue weighted by Crippen LogP contribution is 2.29. The second kappa shape index (κ2) is 12.1. The van der Waals surface area contributed by atoms with E-state index in [-0.39, 0.29) is 11.1 Å². The fourth-order valence-corrected chi connectivity index (χ4v) is 3.53. The van der Waals surface area contributed by atoms with Gasteiger partial charge in [0.1, 0.15) is 46.3 Å². The van der Waals surface area contributed by atoms with Gasteiger partial charge in [0.2, 0.25) is 0 Å². The van der Waals surface area contributed by atoms with Crippen molar-refractivity contribution in [2.24, 2.45) is 0 Å². The van der Waals surface area contributed by atoms with Gasteiger partial charge in [-0.05, 0) is 49.2 Å². The lowest BCUT2D eigenvalue weighted by molar-refractivity contribution is -0.352. The Balaban J connectivity index is 1.62. The van der Waals surface area contributed by atoms with E-state index in [4.69, 9.17) is 38.5 Å². The molecule has 0 aliphatic heterocycles. The Morgan fingerprint density at radius 3 is 1.41 bits per heavy atom. The van der Waals surface area contributed by atoms with Gasteiger partial charge in [-0.25, -0.2) is 9.59 Å². The predicted molar refractivity (Wildman–Crippen MR) is 118 cm³/mol. The average molecular weight is 476 g/mol. The molecule has 0 amide bonds. The summed E-state index contributed by atoms with van der Waals surface area (Å²) in [7, 11) is 5.85. The summed E-state index contributed by atoms with van der Waals surface area (Å²) in [6.07, 6.45) is 1.51. The minimum atomic E-state index is -0.752. The van der Waals surface area contributed by atoms with E-state index in [1.54, 1.807) is 24.3 Å². The first-order chi connectivity index (χ1) is 16.5. The minimum absolute atomic E-state index is 0.145. The lowest BCUT2D eigenvalue weighted by atomic mass is 9.95. The van der Waals surface area contributed by atoms with Gasteiger partial charge in [-0.1, -0.05) is 12.8 Å². The molecule has 10 heteroatoms. The Kier molecular flexibility index (Phi) is 8.94. The van der Waals surface area contributed by atoms with Gasteiger partial charge in [0.15, 0.2) is 0 Å². The first kappa shape index (κ1) is 25.1. The Bertz CT molecular complexity index is 910. The van der Waals surface area contributed by atoms with Crippen LogP contribution in [0.2, 0.25) is 0 Å². The topological polar surface area (TPSA) is 108 Å². The quantitative estimate of drug-likeness (QED) is 0.370. The molecule has 1 aliphatic carbocycles. The largest absolute Gasteiger partial charge is 0.497 e. The first-order valence-corrected chi connectivity index (χ1v) is 10.7. The fourth-order valence-electron chi connectivity index (χ4n) is 3.53. The maximum atomic E-state index is 12.6. The fraction of sp³-hybridized carbons (Fsp3) is 0.417. The zero-order valence-electron chi connectivity index (χ0n) is 19.5. The minimum Gasteiger partial charge on any atom is -0.497 e. The second-order valence-corrected chi connectivity index (χ2v) is 7.43. The zero-order valence-corrected chi connectivity index (χ0v) is 19.5. The predicted octanol–water partition coefficient (Wildman–Crippen LogP) is 3.91. The van der Waals surface area contributed by atoms with Crippen molar-refractivity contribution in [1.82, 2.24) is 0 Å². The first-order valence-electron chi connectivity index (χ1n) is 10.7. The molecule has 10 nitrogen and oxygen atoms in total. The Morgan fingerprint density at radius 1 is 0.647 bits per heavy atom. The standard InChI is InChI=1S/C24H28O10/c1-27-15-9-11-19(29-3)17(13-15)23(25)33-31-21-7-5-6-8-22(21)32-34-24(26)18-14-16(28-2)10-12-20(18)30-4/h9-14,21-22H,5-8H2,1-4H3. The summed E-state index contributed by atoms with van der Waals surface area (Å²) >= 11 is 0. The van der Waals surface area contributed by atoms with Gasteiger partial charge in [0.05, 0.1) is 28.4 Å². The second-order valence-electron chi connectivity index (χ2n) is 7.43. The normalized spacial score (nSPS) is 17.4. The molecular weight excluding hydrogens is 448 g/mol. The molecular formula is C24H28O10. The molecule has 2 atom stereocenters. The van der Waals surface area contributed by atoms with Crippen LogP contribution in [0.5, 0.6) is 23.0 Å². The molecule has 0 spiro atoms. The number of carbonyl (C=O) groups excluding carboxylic acids is 2. The van der Waals surface area contributed by atoms with E-state index in [1.807, 2.05) is 0 Å². The molecule has 3 rings (SSSR count). The third kappa shape index (κ3) is 6.09. The molecule has 0 N–H and O–H groups in total. The van der Waals surface area contributed by atoms with E-state index >= 15 is 0 Å². The van der Waals surface area contributed by atoms with Gasteiger partial charge in [-0.15, -0.1) is 0 Å². The number of hydrogen-bond donors (Lipinski definition) is 0. The third-order valence-electron chi connectivity index (χ3n) is 5.39. The van der Waals surface area contributed by atoms with Crippen molar-refractivity contribution in [3.63, 3.8) is 0 Å². The molecule has 0 bridgehead atoms. The number of hydrogen-bond acceptors (Lipinski definition) is 10. The van der Waals surface area contributed by atoms with Crippen LogP contribution in [0.3, 0.4) is 0 Å². The molecule has 1 fully saturated rings. The van der Waals surface area contributed by atoms with E-state index in [2.05, 4.69) is 0 Å². The SMILES string of the molecule is COc1ccc(OC)c(C(=O)OOC2CCCCC2OOC(=O)c2cc(OC)ccc2OC)c1. The molecule has 2 aromatic carbocycles. The molecule has 2 aromatic rings. The van der Waals surface area contributed by atoms with Crippen LogP contribution < -0.4 is 18.9 Å². The van der Waals surface area contributed by atoms with Gasteiger partial charge in [0, 0.05) is 0 Å². The Hall–Kier alpha value is -3.50. The van der Waals surface area contributed by atoms with Crippen LogP contribution in [0.4, 0.5) is 0 Å². The van der Waals surface area contributed by atoms with Crippen LogP contribution >= 0.6 is 0 Å². The molecule has 1 aliphatic rings. The van der Waals surface area contributed by atoms with Crippen molar-refractivity contribution in [2.45, 2.75) is 37.9 Å². The van der Waals surface area contributed by atoms with Crippen LogP contribution in [-0.2, 0) is 19.6 Å². The third-order valence-corrected chi connectivity index (χ3v) is 5.39. The highest BCUT2D eigenvalue weighted by molar-refractivity contribution is 5.93. The van der Waals surface area contributed by atoms with Crippen molar-refractivity contribution < 1.29 is 48.1 Å². The smallest absolute Gasteiger partial charge is 0.376 e. The van der Waals surface area contributed by atoms with E-state index in [0.717, 1.165) is 12.8 Å². The van der Waals surface area contributed by atoms with E-state index in [1.165, 1.54) is 40.6 Å². The van der Waals surface area contributed by atoms with Crippen molar-refractivity contribution in [2.75, 3.05) is 28.4 Å². The molecule has 2 unspecified atom stereocenters. The molecule has 0 saturated heterocycles. The van der Waals surface area contributed by atoms with Gasteiger partial charge >= 0.3 is 11.9 Å². The summed E-state index contributed by atoms with van der Waals surface area (Å²) < 4.78 is 20.7. The van der Waals surface area contributed by atoms with Gasteiger partial charge < -0.3 is 18.9 Å². The number of carbonyl (C=O) groups is 2. The van der Waals surface area contributed by atoms with Crippen LogP contribution in [0.25, 0.3) is 0 Å². The molecule has 184 valence electrons. The highest BCUT2D eigenvalue weighted by Gasteiger charge is 2.32. The average Bonchev–Trinajstić information content (AvgIpc) is 2.89. The number of benzene rings is 2. The van der Waals surface area contributed by atoms with Crippen molar-refractivity contribution in [3.05, 3.63) is 47.5 Å².